The van der Waals surface area contributed by atoms with E-state index < -0.39 is 0 Å². The molecule has 0 unspecified atom stereocenters. The van der Waals surface area contributed by atoms with Crippen LogP contribution in [-0.4, -0.2) is 5.71 Å². The number of hydrogen-bond acceptors (Lipinski definition) is 3. The number of nitriles is 1. The van der Waals surface area contributed by atoms with Crippen LogP contribution in [0, 0.1) is 11.3 Å². The van der Waals surface area contributed by atoms with E-state index in [2.05, 4.69) is 115 Å². The summed E-state index contributed by atoms with van der Waals surface area (Å²) in [4.78, 5) is 5.06. The molecule has 0 aliphatic heterocycles. The smallest absolute Gasteiger partial charge is 0.0998 e. The molecule has 0 amide bonds. The van der Waals surface area contributed by atoms with Crippen molar-refractivity contribution in [3.05, 3.63) is 204 Å². The van der Waals surface area contributed by atoms with E-state index in [4.69, 9.17) is 10.7 Å². The van der Waals surface area contributed by atoms with Gasteiger partial charge >= 0.3 is 0 Å². The molecule has 51 heavy (non-hydrogen) atoms. The van der Waals surface area contributed by atoms with Gasteiger partial charge in [-0.2, -0.15) is 5.26 Å². The van der Waals surface area contributed by atoms with Crippen molar-refractivity contribution in [2.24, 2.45) is 10.7 Å². The summed E-state index contributed by atoms with van der Waals surface area (Å²) in [5.74, 6) is 0. The van der Waals surface area contributed by atoms with E-state index in [9.17, 15) is 5.26 Å². The van der Waals surface area contributed by atoms with Crippen molar-refractivity contribution in [1.29, 1.82) is 5.26 Å². The monoisotopic (exact) mass is 657 g/mol. The lowest BCUT2D eigenvalue weighted by Crippen LogP contribution is -2.04. The van der Waals surface area contributed by atoms with Crippen LogP contribution in [0.15, 0.2) is 181 Å². The molecule has 0 saturated carbocycles. The van der Waals surface area contributed by atoms with Crippen molar-refractivity contribution in [2.75, 3.05) is 0 Å². The fourth-order valence-electron chi connectivity index (χ4n) is 6.56. The Morgan fingerprint density at radius 2 is 1.31 bits per heavy atom. The molecule has 6 aromatic carbocycles. The summed E-state index contributed by atoms with van der Waals surface area (Å²) in [5.41, 5.74) is 20.7. The van der Waals surface area contributed by atoms with E-state index in [0.29, 0.717) is 17.8 Å². The van der Waals surface area contributed by atoms with Crippen LogP contribution in [-0.2, 0) is 6.54 Å². The van der Waals surface area contributed by atoms with Gasteiger partial charge in [-0.3, -0.25) is 4.99 Å². The summed E-state index contributed by atoms with van der Waals surface area (Å²) in [6.07, 6.45) is 11.9. The van der Waals surface area contributed by atoms with Crippen LogP contribution in [0.5, 0.6) is 0 Å². The fourth-order valence-corrected chi connectivity index (χ4v) is 6.56. The predicted octanol–water partition coefficient (Wildman–Crippen LogP) is 11.7. The number of rotatable bonds is 9. The van der Waals surface area contributed by atoms with Gasteiger partial charge in [0.1, 0.15) is 0 Å². The average Bonchev–Trinajstić information content (AvgIpc) is 3.50. The Morgan fingerprint density at radius 1 is 0.647 bits per heavy atom. The van der Waals surface area contributed by atoms with Gasteiger partial charge in [-0.1, -0.05) is 133 Å². The van der Waals surface area contributed by atoms with E-state index in [1.807, 2.05) is 66.7 Å². The summed E-state index contributed by atoms with van der Waals surface area (Å²) in [6.45, 7) is 0.463. The van der Waals surface area contributed by atoms with E-state index in [1.165, 1.54) is 22.3 Å². The van der Waals surface area contributed by atoms with Crippen LogP contribution in [0.3, 0.4) is 0 Å². The Morgan fingerprint density at radius 3 is 2.06 bits per heavy atom. The molecule has 0 saturated heterocycles. The van der Waals surface area contributed by atoms with Crippen molar-refractivity contribution in [1.82, 2.24) is 0 Å². The Hall–Kier alpha value is -6.50. The maximum Gasteiger partial charge on any atom is 0.0998 e. The Labute approximate surface area is 301 Å². The lowest BCUT2D eigenvalue weighted by atomic mass is 9.89. The maximum absolute atomic E-state index is 10.2. The van der Waals surface area contributed by atoms with Gasteiger partial charge in [0, 0.05) is 11.3 Å². The Balaban J connectivity index is 1.25. The van der Waals surface area contributed by atoms with Crippen LogP contribution < -0.4 is 5.73 Å². The fraction of sp³-hybridized carbons (Fsp3) is 0.0833. The number of nitrogens with zero attached hydrogens (tertiary/aromatic N) is 2. The molecular formula is C48H39N3. The average molecular weight is 658 g/mol. The summed E-state index contributed by atoms with van der Waals surface area (Å²) in [5, 5.41) is 10.2. The summed E-state index contributed by atoms with van der Waals surface area (Å²) in [6, 6.07) is 54.5. The molecule has 2 N–H and O–H groups in total. The van der Waals surface area contributed by atoms with E-state index in [0.717, 1.165) is 63.9 Å². The highest BCUT2D eigenvalue weighted by atomic mass is 14.7. The number of hydrogen-bond donors (Lipinski definition) is 1. The first-order valence-electron chi connectivity index (χ1n) is 17.5. The van der Waals surface area contributed by atoms with E-state index in [1.54, 1.807) is 0 Å². The van der Waals surface area contributed by atoms with Gasteiger partial charge in [0.15, 0.2) is 0 Å². The molecule has 0 fully saturated rings. The van der Waals surface area contributed by atoms with Crippen LogP contribution in [0.4, 0.5) is 0 Å². The minimum Gasteiger partial charge on any atom is -0.398 e. The van der Waals surface area contributed by atoms with E-state index in [-0.39, 0.29) is 0 Å². The highest BCUT2D eigenvalue weighted by Crippen LogP contribution is 2.36. The molecule has 1 aliphatic carbocycles. The molecule has 6 aromatic rings. The molecule has 0 atom stereocenters. The second-order valence-corrected chi connectivity index (χ2v) is 12.8. The number of allylic oxidation sites excluding steroid dienone is 5. The molecule has 0 aromatic heterocycles. The van der Waals surface area contributed by atoms with Crippen LogP contribution >= 0.6 is 0 Å². The van der Waals surface area contributed by atoms with Crippen molar-refractivity contribution in [2.45, 2.75) is 25.8 Å². The molecule has 246 valence electrons. The van der Waals surface area contributed by atoms with Gasteiger partial charge in [-0.15, -0.1) is 0 Å². The first kappa shape index (κ1) is 33.0. The molecular weight excluding hydrogens is 619 g/mol. The quantitative estimate of drug-likeness (QED) is 0.157. The third-order valence-electron chi connectivity index (χ3n) is 9.27. The van der Waals surface area contributed by atoms with Gasteiger partial charge in [0.2, 0.25) is 0 Å². The minimum atomic E-state index is 0.463. The molecule has 3 nitrogen and oxygen atoms in total. The second kappa shape index (κ2) is 15.8. The zero-order valence-electron chi connectivity index (χ0n) is 28.5. The standard InChI is InChI=1S/C48H39N3/c49-33-42-26-25-40(45-29-43(36-16-6-1-2-7-17-36)28-44(30-45)37-18-8-3-9-19-37)31-46(42)41-24-14-15-35(27-41)34-51-48(39-22-12-5-13-23-39)32-47(50)38-20-10-4-11-21-38/h1,3-6,8-16,18-32H,2,7,17,34,50H2/b47-32-,51-48?. The van der Waals surface area contributed by atoms with Crippen molar-refractivity contribution < 1.29 is 0 Å². The van der Waals surface area contributed by atoms with Crippen molar-refractivity contribution in [3.63, 3.8) is 0 Å². The molecule has 0 radical (unpaired) electrons. The third-order valence-corrected chi connectivity index (χ3v) is 9.27. The number of nitrogens with two attached hydrogens (primary N) is 1. The van der Waals surface area contributed by atoms with Crippen molar-refractivity contribution in [3.8, 4) is 39.4 Å². The number of aliphatic imine (C=N–C) groups is 1. The minimum absolute atomic E-state index is 0.463. The SMILES string of the molecule is N#Cc1ccc(-c2cc(C3=CC=CCCC3)cc(-c3ccccc3)c2)cc1-c1cccc(CN=C(/C=C(\N)c2ccccc2)c2ccccc2)c1. The number of benzene rings is 6. The zero-order valence-corrected chi connectivity index (χ0v) is 28.5. The Kier molecular flexibility index (Phi) is 10.2. The van der Waals surface area contributed by atoms with E-state index >= 15 is 0 Å². The van der Waals surface area contributed by atoms with Crippen LogP contribution in [0.25, 0.3) is 44.7 Å². The third kappa shape index (κ3) is 8.05. The summed E-state index contributed by atoms with van der Waals surface area (Å²) < 4.78 is 0. The molecule has 1 aliphatic rings. The second-order valence-electron chi connectivity index (χ2n) is 12.8. The zero-order chi connectivity index (χ0) is 34.8. The highest BCUT2D eigenvalue weighted by Gasteiger charge is 2.13. The predicted molar refractivity (Wildman–Crippen MR) is 214 cm³/mol. The van der Waals surface area contributed by atoms with Gasteiger partial charge in [-0.05, 0) is 117 Å². The van der Waals surface area contributed by atoms with Gasteiger partial charge < -0.3 is 5.73 Å². The molecule has 7 rings (SSSR count). The Bertz CT molecular complexity index is 2300. The lowest BCUT2D eigenvalue weighted by molar-refractivity contribution is 0.886. The first-order valence-corrected chi connectivity index (χ1v) is 17.5. The van der Waals surface area contributed by atoms with Gasteiger partial charge in [0.25, 0.3) is 0 Å². The normalized spacial score (nSPS) is 13.3. The highest BCUT2D eigenvalue weighted by molar-refractivity contribution is 6.12. The molecule has 0 bridgehead atoms. The van der Waals surface area contributed by atoms with Crippen LogP contribution in [0.2, 0.25) is 0 Å². The molecule has 3 heteroatoms. The molecule has 0 spiro atoms. The van der Waals surface area contributed by atoms with Gasteiger partial charge in [0.05, 0.1) is 23.9 Å². The summed E-state index contributed by atoms with van der Waals surface area (Å²) >= 11 is 0. The maximum atomic E-state index is 10.2. The molecule has 0 heterocycles. The van der Waals surface area contributed by atoms with Crippen LogP contribution in [0.1, 0.15) is 47.1 Å². The van der Waals surface area contributed by atoms with Gasteiger partial charge in [-0.25, -0.2) is 0 Å². The van der Waals surface area contributed by atoms with Crippen molar-refractivity contribution >= 4 is 17.0 Å². The first-order chi connectivity index (χ1) is 25.1. The summed E-state index contributed by atoms with van der Waals surface area (Å²) in [7, 11) is 0. The lowest BCUT2D eigenvalue weighted by Gasteiger charge is -2.14. The topological polar surface area (TPSA) is 62.2 Å². The largest absolute Gasteiger partial charge is 0.398 e.